The van der Waals surface area contributed by atoms with Gasteiger partial charge in [0.25, 0.3) is 5.91 Å². The third kappa shape index (κ3) is 3.60. The van der Waals surface area contributed by atoms with E-state index in [1.807, 2.05) is 35.0 Å². The number of amides is 1. The van der Waals surface area contributed by atoms with E-state index >= 15 is 0 Å². The Hall–Kier alpha value is -1.97. The van der Waals surface area contributed by atoms with E-state index in [0.29, 0.717) is 18.7 Å². The van der Waals surface area contributed by atoms with Crippen molar-refractivity contribution in [3.05, 3.63) is 51.7 Å². The fourth-order valence-electron chi connectivity index (χ4n) is 3.02. The Labute approximate surface area is 159 Å². The van der Waals surface area contributed by atoms with Gasteiger partial charge in [0, 0.05) is 17.0 Å². The molecule has 3 aromatic heterocycles. The van der Waals surface area contributed by atoms with Crippen LogP contribution in [0.4, 0.5) is 0 Å². The molecule has 1 fully saturated rings. The summed E-state index contributed by atoms with van der Waals surface area (Å²) in [6.45, 7) is 0.373. The number of nitrogens with zero attached hydrogens (tertiary/aromatic N) is 2. The van der Waals surface area contributed by atoms with Crippen molar-refractivity contribution < 1.29 is 17.7 Å². The third-order valence-corrected chi connectivity index (χ3v) is 7.81. The molecule has 1 atom stereocenters. The number of rotatable bonds is 5. The first-order chi connectivity index (χ1) is 12.5. The van der Waals surface area contributed by atoms with Gasteiger partial charge < -0.3 is 9.42 Å². The largest absolute Gasteiger partial charge is 0.355 e. The molecular formula is C17H16N2O4S3. The van der Waals surface area contributed by atoms with Crippen LogP contribution >= 0.6 is 22.7 Å². The highest BCUT2D eigenvalue weighted by Gasteiger charge is 2.36. The normalized spacial score (nSPS) is 18.8. The second-order valence-corrected chi connectivity index (χ2v) is 10.3. The van der Waals surface area contributed by atoms with Crippen LogP contribution in [0.2, 0.25) is 0 Å². The predicted molar refractivity (Wildman–Crippen MR) is 101 cm³/mol. The Balaban J connectivity index is 1.61. The lowest BCUT2D eigenvalue weighted by molar-refractivity contribution is 0.0672. The van der Waals surface area contributed by atoms with Gasteiger partial charge in [0.1, 0.15) is 0 Å². The molecule has 0 aliphatic carbocycles. The average molecular weight is 409 g/mol. The van der Waals surface area contributed by atoms with Crippen molar-refractivity contribution in [1.29, 1.82) is 0 Å². The van der Waals surface area contributed by atoms with Crippen LogP contribution < -0.4 is 0 Å². The summed E-state index contributed by atoms with van der Waals surface area (Å²) in [5.41, 5.74) is 0.203. The summed E-state index contributed by atoms with van der Waals surface area (Å²) in [6, 6.07) is 8.94. The molecule has 0 unspecified atom stereocenters. The van der Waals surface area contributed by atoms with Gasteiger partial charge in [-0.15, -0.1) is 22.7 Å². The van der Waals surface area contributed by atoms with Gasteiger partial charge in [0.05, 0.1) is 22.9 Å². The topological polar surface area (TPSA) is 80.5 Å². The molecule has 9 heteroatoms. The standard InChI is InChI=1S/C17H16N2O4S3/c20-17(14-9-15(23-18-14)16-4-2-7-25-16)19(10-13-3-1-6-24-13)12-5-8-26(21,22)11-12/h1-4,6-7,9,12H,5,8,10-11H2/t12-/m1/s1. The molecule has 4 heterocycles. The molecule has 3 aromatic rings. The number of hydrogen-bond acceptors (Lipinski definition) is 7. The van der Waals surface area contributed by atoms with Crippen LogP contribution in [-0.2, 0) is 16.4 Å². The summed E-state index contributed by atoms with van der Waals surface area (Å²) in [5, 5.41) is 7.79. The fraction of sp³-hybridized carbons (Fsp3) is 0.294. The molecule has 0 saturated carbocycles. The fourth-order valence-corrected chi connectivity index (χ4v) is 6.12. The molecule has 0 N–H and O–H groups in total. The van der Waals surface area contributed by atoms with Crippen molar-refractivity contribution in [2.75, 3.05) is 11.5 Å². The lowest BCUT2D eigenvalue weighted by Gasteiger charge is -2.26. The number of thiophene rings is 2. The zero-order valence-electron chi connectivity index (χ0n) is 13.7. The molecule has 1 aliphatic heterocycles. The molecule has 0 bridgehead atoms. The van der Waals surface area contributed by atoms with Crippen molar-refractivity contribution in [3.8, 4) is 10.6 Å². The number of carbonyl (C=O) groups excluding carboxylic acids is 1. The molecule has 26 heavy (non-hydrogen) atoms. The zero-order chi connectivity index (χ0) is 18.1. The maximum atomic E-state index is 13.1. The van der Waals surface area contributed by atoms with E-state index in [2.05, 4.69) is 5.16 Å². The van der Waals surface area contributed by atoms with E-state index in [0.717, 1.165) is 9.75 Å². The molecule has 6 nitrogen and oxygen atoms in total. The van der Waals surface area contributed by atoms with Gasteiger partial charge in [0.15, 0.2) is 21.3 Å². The summed E-state index contributed by atoms with van der Waals surface area (Å²) >= 11 is 3.04. The second-order valence-electron chi connectivity index (χ2n) is 6.12. The van der Waals surface area contributed by atoms with Gasteiger partial charge in [-0.3, -0.25) is 4.79 Å². The minimum Gasteiger partial charge on any atom is -0.355 e. The van der Waals surface area contributed by atoms with Gasteiger partial charge in [-0.05, 0) is 29.3 Å². The maximum absolute atomic E-state index is 13.1. The highest BCUT2D eigenvalue weighted by Crippen LogP contribution is 2.27. The van der Waals surface area contributed by atoms with E-state index in [1.165, 1.54) is 11.3 Å². The summed E-state index contributed by atoms with van der Waals surface area (Å²) < 4.78 is 29.1. The quantitative estimate of drug-likeness (QED) is 0.647. The van der Waals surface area contributed by atoms with Gasteiger partial charge in [0.2, 0.25) is 0 Å². The molecule has 1 saturated heterocycles. The SMILES string of the molecule is O=C(c1cc(-c2cccs2)on1)N(Cc1cccs1)[C@@H]1CCS(=O)(=O)C1. The number of sulfone groups is 1. The van der Waals surface area contributed by atoms with E-state index < -0.39 is 9.84 Å². The van der Waals surface area contributed by atoms with Crippen LogP contribution in [0.5, 0.6) is 0 Å². The van der Waals surface area contributed by atoms with Crippen LogP contribution in [0.3, 0.4) is 0 Å². The molecule has 0 spiro atoms. The van der Waals surface area contributed by atoms with E-state index in [-0.39, 0.29) is 29.1 Å². The Bertz CT molecular complexity index is 991. The van der Waals surface area contributed by atoms with Gasteiger partial charge in [-0.2, -0.15) is 0 Å². The van der Waals surface area contributed by atoms with E-state index in [4.69, 9.17) is 4.52 Å². The minimum absolute atomic E-state index is 0.000250. The van der Waals surface area contributed by atoms with Crippen molar-refractivity contribution in [1.82, 2.24) is 10.1 Å². The first-order valence-electron chi connectivity index (χ1n) is 8.06. The van der Waals surface area contributed by atoms with Crippen molar-refractivity contribution in [2.45, 2.75) is 19.0 Å². The maximum Gasteiger partial charge on any atom is 0.276 e. The third-order valence-electron chi connectivity index (χ3n) is 4.31. The van der Waals surface area contributed by atoms with Crippen LogP contribution in [0.15, 0.2) is 45.6 Å². The zero-order valence-corrected chi connectivity index (χ0v) is 16.1. The molecule has 136 valence electrons. The summed E-state index contributed by atoms with van der Waals surface area (Å²) in [6.07, 6.45) is 0.453. The lowest BCUT2D eigenvalue weighted by atomic mass is 10.2. The Morgan fingerprint density at radius 3 is 2.73 bits per heavy atom. The van der Waals surface area contributed by atoms with Crippen molar-refractivity contribution in [3.63, 3.8) is 0 Å². The average Bonchev–Trinajstić information content (AvgIpc) is 3.37. The summed E-state index contributed by atoms with van der Waals surface area (Å²) in [5.74, 6) is 0.357. The van der Waals surface area contributed by atoms with Crippen molar-refractivity contribution >= 4 is 38.4 Å². The lowest BCUT2D eigenvalue weighted by Crippen LogP contribution is -2.40. The molecule has 0 aromatic carbocycles. The van der Waals surface area contributed by atoms with E-state index in [9.17, 15) is 13.2 Å². The minimum atomic E-state index is -3.10. The first kappa shape index (κ1) is 17.4. The van der Waals surface area contributed by atoms with Crippen molar-refractivity contribution in [2.24, 2.45) is 0 Å². The predicted octanol–water partition coefficient (Wildman–Crippen LogP) is 3.29. The Kier molecular flexibility index (Phi) is 4.68. The van der Waals surface area contributed by atoms with Gasteiger partial charge >= 0.3 is 0 Å². The highest BCUT2D eigenvalue weighted by atomic mass is 32.2. The monoisotopic (exact) mass is 408 g/mol. The van der Waals surface area contributed by atoms with Gasteiger partial charge in [-0.1, -0.05) is 17.3 Å². The molecule has 1 aliphatic rings. The smallest absolute Gasteiger partial charge is 0.276 e. The molecular weight excluding hydrogens is 392 g/mol. The Morgan fingerprint density at radius 1 is 1.27 bits per heavy atom. The number of hydrogen-bond donors (Lipinski definition) is 0. The van der Waals surface area contributed by atoms with Gasteiger partial charge in [-0.25, -0.2) is 8.42 Å². The summed E-state index contributed by atoms with van der Waals surface area (Å²) in [4.78, 5) is 16.6. The molecule has 1 amide bonds. The first-order valence-corrected chi connectivity index (χ1v) is 11.6. The van der Waals surface area contributed by atoms with Crippen LogP contribution in [0.1, 0.15) is 21.8 Å². The molecule has 4 rings (SSSR count). The number of aromatic nitrogens is 1. The van der Waals surface area contributed by atoms with Crippen LogP contribution in [0, 0.1) is 0 Å². The summed E-state index contributed by atoms with van der Waals surface area (Å²) in [7, 11) is -3.10. The highest BCUT2D eigenvalue weighted by molar-refractivity contribution is 7.91. The Morgan fingerprint density at radius 2 is 2.08 bits per heavy atom. The second kappa shape index (κ2) is 6.98. The number of carbonyl (C=O) groups is 1. The molecule has 0 radical (unpaired) electrons. The van der Waals surface area contributed by atoms with E-state index in [1.54, 1.807) is 22.3 Å². The van der Waals surface area contributed by atoms with Crippen LogP contribution in [0.25, 0.3) is 10.6 Å². The van der Waals surface area contributed by atoms with Crippen LogP contribution in [-0.4, -0.2) is 41.9 Å².